The molecule has 0 fully saturated rings. The molecule has 0 atom stereocenters. The number of halogens is 2. The van der Waals surface area contributed by atoms with Crippen LogP contribution in [0.25, 0.3) is 16.5 Å². The summed E-state index contributed by atoms with van der Waals surface area (Å²) in [7, 11) is 0. The molecule has 0 aromatic carbocycles. The Labute approximate surface area is 135 Å². The van der Waals surface area contributed by atoms with E-state index in [4.69, 9.17) is 5.53 Å². The Morgan fingerprint density at radius 3 is 3.00 bits per heavy atom. The number of imidazole rings is 1. The lowest BCUT2D eigenvalue weighted by atomic mass is 10.4. The quantitative estimate of drug-likeness (QED) is 0.298. The van der Waals surface area contributed by atoms with Crippen molar-refractivity contribution in [1.29, 1.82) is 0 Å². The number of aromatic nitrogens is 3. The van der Waals surface area contributed by atoms with Crippen LogP contribution in [0.3, 0.4) is 0 Å². The van der Waals surface area contributed by atoms with Crippen LogP contribution in [-0.4, -0.2) is 27.4 Å². The van der Waals surface area contributed by atoms with Gasteiger partial charge in [-0.15, -0.1) is 0 Å². The summed E-state index contributed by atoms with van der Waals surface area (Å²) in [5.41, 5.74) is 9.39. The van der Waals surface area contributed by atoms with Gasteiger partial charge in [-0.05, 0) is 54.6 Å². The highest BCUT2D eigenvalue weighted by Crippen LogP contribution is 2.22. The number of rotatable bonds is 5. The molecule has 2 aromatic heterocycles. The van der Waals surface area contributed by atoms with Gasteiger partial charge in [0.1, 0.15) is 5.69 Å². The maximum atomic E-state index is 11.8. The second kappa shape index (κ2) is 7.11. The summed E-state index contributed by atoms with van der Waals surface area (Å²) in [6.45, 7) is 0.350. The van der Waals surface area contributed by atoms with Gasteiger partial charge in [0.05, 0.1) is 21.0 Å². The molecule has 1 amide bonds. The molecule has 0 aliphatic rings. The van der Waals surface area contributed by atoms with Crippen LogP contribution in [0.1, 0.15) is 16.2 Å². The molecule has 0 radical (unpaired) electrons. The van der Waals surface area contributed by atoms with Crippen LogP contribution in [0.2, 0.25) is 0 Å². The number of carbonyl (C=O) groups excluding carboxylic acids is 1. The third-order valence-electron chi connectivity index (χ3n) is 2.37. The number of hydrogen-bond acceptors (Lipinski definition) is 3. The first-order valence-corrected chi connectivity index (χ1v) is 7.27. The summed E-state index contributed by atoms with van der Waals surface area (Å²) in [5, 5.41) is 6.06. The summed E-state index contributed by atoms with van der Waals surface area (Å²) < 4.78 is 1.50. The van der Waals surface area contributed by atoms with Gasteiger partial charge in [0.15, 0.2) is 5.95 Å². The maximum absolute atomic E-state index is 11.8. The standard InChI is InChI=1S/C11H9Br2N7O/c12-7-4-8(18-9(7)13)10(21)15-3-1-2-6-5-16-11(17-6)19-20-14/h1-2,4-5,18H,3H2,(H,15,21)(H,16,17)/b2-1+/i15+1. The molecule has 0 bridgehead atoms. The van der Waals surface area contributed by atoms with Crippen molar-refractivity contribution in [3.63, 3.8) is 0 Å². The minimum Gasteiger partial charge on any atom is -0.347 e. The summed E-state index contributed by atoms with van der Waals surface area (Å²) in [6.07, 6.45) is 5.00. The number of nitrogens with zero attached hydrogens (tertiary/aromatic N) is 4. The van der Waals surface area contributed by atoms with E-state index in [-0.39, 0.29) is 11.9 Å². The van der Waals surface area contributed by atoms with E-state index in [1.165, 1.54) is 6.20 Å². The number of hydrogen-bond donors (Lipinski definition) is 3. The molecule has 2 rings (SSSR count). The summed E-state index contributed by atoms with van der Waals surface area (Å²) in [6, 6.07) is 1.68. The Balaban J connectivity index is 1.86. The first-order chi connectivity index (χ1) is 10.1. The number of azide groups is 1. The zero-order valence-corrected chi connectivity index (χ0v) is 13.6. The largest absolute Gasteiger partial charge is 0.347 e. The number of carbonyl (C=O) groups is 1. The van der Waals surface area contributed by atoms with Gasteiger partial charge in [0.25, 0.3) is 5.91 Å². The van der Waals surface area contributed by atoms with Crippen LogP contribution >= 0.6 is 31.9 Å². The predicted molar refractivity (Wildman–Crippen MR) is 85.0 cm³/mol. The van der Waals surface area contributed by atoms with Crippen molar-refractivity contribution in [3.05, 3.63) is 49.2 Å². The van der Waals surface area contributed by atoms with Gasteiger partial charge in [-0.2, -0.15) is 0 Å². The summed E-state index contributed by atoms with van der Waals surface area (Å²) in [4.78, 5) is 24.0. The minimum atomic E-state index is -0.217. The van der Waals surface area contributed by atoms with Crippen molar-refractivity contribution >= 4 is 49.8 Å². The van der Waals surface area contributed by atoms with E-state index >= 15 is 0 Å². The van der Waals surface area contributed by atoms with Crippen molar-refractivity contribution in [2.45, 2.75) is 0 Å². The Morgan fingerprint density at radius 2 is 2.33 bits per heavy atom. The van der Waals surface area contributed by atoms with E-state index in [1.807, 2.05) is 0 Å². The molecule has 2 heterocycles. The highest BCUT2D eigenvalue weighted by molar-refractivity contribution is 9.13. The third kappa shape index (κ3) is 4.22. The molecule has 0 aliphatic heterocycles. The van der Waals surface area contributed by atoms with E-state index < -0.39 is 0 Å². The molecule has 3 N–H and O–H groups in total. The molecule has 8 nitrogen and oxygen atoms in total. The van der Waals surface area contributed by atoms with E-state index in [9.17, 15) is 4.79 Å². The molecule has 2 aromatic rings. The molecular formula is C11H9Br2N7O. The van der Waals surface area contributed by atoms with E-state index in [2.05, 4.69) is 62.2 Å². The average Bonchev–Trinajstić information content (AvgIpc) is 3.03. The summed E-state index contributed by atoms with van der Waals surface area (Å²) in [5.74, 6) is -0.0206. The lowest BCUT2D eigenvalue weighted by Gasteiger charge is -1.98. The average molecular weight is 416 g/mol. The maximum Gasteiger partial charge on any atom is 0.268 e. The van der Waals surface area contributed by atoms with Gasteiger partial charge in [0.2, 0.25) is 0 Å². The fraction of sp³-hybridized carbons (Fsp3) is 0.0909. The van der Waals surface area contributed by atoms with Gasteiger partial charge in [0, 0.05) is 11.5 Å². The smallest absolute Gasteiger partial charge is 0.268 e. The molecule has 0 aliphatic carbocycles. The van der Waals surface area contributed by atoms with Crippen molar-refractivity contribution in [3.8, 4) is 0 Å². The van der Waals surface area contributed by atoms with Gasteiger partial charge in [-0.3, -0.25) is 4.79 Å². The fourth-order valence-corrected chi connectivity index (χ4v) is 2.12. The molecule has 21 heavy (non-hydrogen) atoms. The first-order valence-electron chi connectivity index (χ1n) is 5.69. The minimum absolute atomic E-state index is 0.197. The van der Waals surface area contributed by atoms with E-state index in [0.29, 0.717) is 22.5 Å². The molecule has 0 saturated heterocycles. The Bertz CT molecular complexity index is 707. The monoisotopic (exact) mass is 414 g/mol. The van der Waals surface area contributed by atoms with Crippen LogP contribution in [0.5, 0.6) is 0 Å². The summed E-state index contributed by atoms with van der Waals surface area (Å²) >= 11 is 6.56. The van der Waals surface area contributed by atoms with Crippen molar-refractivity contribution in [1.82, 2.24) is 20.3 Å². The Morgan fingerprint density at radius 1 is 1.52 bits per heavy atom. The Kier molecular flexibility index (Phi) is 5.20. The number of H-pyrrole nitrogens is 2. The normalized spacial score (nSPS) is 10.6. The second-order valence-electron chi connectivity index (χ2n) is 3.81. The van der Waals surface area contributed by atoms with Crippen LogP contribution in [0.4, 0.5) is 5.95 Å². The van der Waals surface area contributed by atoms with Gasteiger partial charge >= 0.3 is 0 Å². The van der Waals surface area contributed by atoms with Gasteiger partial charge in [-0.1, -0.05) is 6.08 Å². The zero-order chi connectivity index (χ0) is 15.2. The highest BCUT2D eigenvalue weighted by atomic mass is 79.9. The van der Waals surface area contributed by atoms with Crippen LogP contribution in [0, 0.1) is 0 Å². The third-order valence-corrected chi connectivity index (χ3v) is 4.15. The van der Waals surface area contributed by atoms with Crippen LogP contribution in [-0.2, 0) is 0 Å². The lowest BCUT2D eigenvalue weighted by molar-refractivity contribution is 0.0953. The molecule has 10 heteroatoms. The molecule has 0 saturated carbocycles. The Hall–Kier alpha value is -2.03. The first kappa shape index (κ1) is 15.4. The predicted octanol–water partition coefficient (Wildman–Crippen LogP) is 3.65. The van der Waals surface area contributed by atoms with Crippen LogP contribution in [0.15, 0.2) is 32.5 Å². The van der Waals surface area contributed by atoms with Gasteiger partial charge < -0.3 is 15.3 Å². The van der Waals surface area contributed by atoms with Crippen molar-refractivity contribution in [2.24, 2.45) is 5.11 Å². The molecule has 0 unspecified atom stereocenters. The van der Waals surface area contributed by atoms with Crippen molar-refractivity contribution < 1.29 is 4.79 Å². The SMILES string of the molecule is [N-]=[N+]=Nc1ncc(/C=C/C[15NH]C(=O)c2cc(Br)c(Br)[nH]2)[nH]1. The number of amides is 1. The van der Waals surface area contributed by atoms with Crippen molar-refractivity contribution in [2.75, 3.05) is 6.54 Å². The van der Waals surface area contributed by atoms with Gasteiger partial charge in [-0.25, -0.2) is 4.98 Å². The van der Waals surface area contributed by atoms with Crippen LogP contribution < -0.4 is 5.32 Å². The number of nitrogens with one attached hydrogen (secondary N) is 3. The fourth-order valence-electron chi connectivity index (χ4n) is 1.46. The number of aromatic amines is 2. The van der Waals surface area contributed by atoms with E-state index in [1.54, 1.807) is 18.2 Å². The molecule has 0 spiro atoms. The van der Waals surface area contributed by atoms with E-state index in [0.717, 1.165) is 4.47 Å². The molecular weight excluding hydrogens is 407 g/mol. The second-order valence-corrected chi connectivity index (χ2v) is 5.46. The lowest BCUT2D eigenvalue weighted by Crippen LogP contribution is -2.23. The highest BCUT2D eigenvalue weighted by Gasteiger charge is 2.09. The molecule has 108 valence electrons. The topological polar surface area (TPSA) is 122 Å². The zero-order valence-electron chi connectivity index (χ0n) is 10.5.